The fourth-order valence-corrected chi connectivity index (χ4v) is 3.40. The standard InChI is InChI=1S/C21H29NO4/c1-2-3-4-17-12-23-20(24-13-17)10-7-18-14-25-21(26-15-18)19-8-5-16(11-22)6-9-19/h5-6,8-9,17-18,20-21H,2-4,7,10,12-15H2,1H3/t17-,18-,20-,21-. The molecule has 1 aromatic carbocycles. The summed E-state index contributed by atoms with van der Waals surface area (Å²) in [6, 6.07) is 9.48. The molecule has 2 heterocycles. The monoisotopic (exact) mass is 359 g/mol. The molecule has 5 nitrogen and oxygen atoms in total. The van der Waals surface area contributed by atoms with Crippen molar-refractivity contribution in [2.75, 3.05) is 26.4 Å². The average Bonchev–Trinajstić information content (AvgIpc) is 2.72. The molecule has 0 bridgehead atoms. The van der Waals surface area contributed by atoms with Crippen LogP contribution >= 0.6 is 0 Å². The van der Waals surface area contributed by atoms with Gasteiger partial charge in [-0.25, -0.2) is 0 Å². The predicted octanol–water partition coefficient (Wildman–Crippen LogP) is 4.18. The van der Waals surface area contributed by atoms with Crippen molar-refractivity contribution < 1.29 is 18.9 Å². The van der Waals surface area contributed by atoms with E-state index >= 15 is 0 Å². The van der Waals surface area contributed by atoms with E-state index in [1.165, 1.54) is 19.3 Å². The molecular weight excluding hydrogens is 330 g/mol. The quantitative estimate of drug-likeness (QED) is 0.731. The van der Waals surface area contributed by atoms with Gasteiger partial charge in [0.15, 0.2) is 12.6 Å². The Hall–Kier alpha value is -1.45. The van der Waals surface area contributed by atoms with Crippen molar-refractivity contribution in [3.05, 3.63) is 35.4 Å². The molecule has 0 aliphatic carbocycles. The lowest BCUT2D eigenvalue weighted by Gasteiger charge is -2.32. The van der Waals surface area contributed by atoms with Crippen LogP contribution in [0.15, 0.2) is 24.3 Å². The molecule has 2 aliphatic rings. The number of hydrogen-bond acceptors (Lipinski definition) is 5. The zero-order chi connectivity index (χ0) is 18.2. The zero-order valence-corrected chi connectivity index (χ0v) is 15.6. The zero-order valence-electron chi connectivity index (χ0n) is 15.6. The van der Waals surface area contributed by atoms with E-state index < -0.39 is 0 Å². The smallest absolute Gasteiger partial charge is 0.183 e. The molecule has 2 aliphatic heterocycles. The highest BCUT2D eigenvalue weighted by Crippen LogP contribution is 2.28. The topological polar surface area (TPSA) is 60.7 Å². The summed E-state index contributed by atoms with van der Waals surface area (Å²) in [7, 11) is 0. The lowest BCUT2D eigenvalue weighted by molar-refractivity contribution is -0.220. The van der Waals surface area contributed by atoms with Gasteiger partial charge in [0.1, 0.15) is 0 Å². The molecule has 0 unspecified atom stereocenters. The summed E-state index contributed by atoms with van der Waals surface area (Å²) in [6.07, 6.45) is 5.13. The third kappa shape index (κ3) is 5.52. The Morgan fingerprint density at radius 1 is 0.885 bits per heavy atom. The number of hydrogen-bond donors (Lipinski definition) is 0. The summed E-state index contributed by atoms with van der Waals surface area (Å²) in [4.78, 5) is 0. The van der Waals surface area contributed by atoms with E-state index in [0.717, 1.165) is 31.6 Å². The summed E-state index contributed by atoms with van der Waals surface area (Å²) in [5.74, 6) is 0.926. The molecule has 0 radical (unpaired) electrons. The van der Waals surface area contributed by atoms with Crippen molar-refractivity contribution in [1.82, 2.24) is 0 Å². The van der Waals surface area contributed by atoms with Gasteiger partial charge in [0.05, 0.1) is 38.1 Å². The van der Waals surface area contributed by atoms with E-state index in [4.69, 9.17) is 24.2 Å². The largest absolute Gasteiger partial charge is 0.352 e. The second-order valence-electron chi connectivity index (χ2n) is 7.28. The van der Waals surface area contributed by atoms with E-state index in [0.29, 0.717) is 30.6 Å². The molecule has 2 fully saturated rings. The van der Waals surface area contributed by atoms with Gasteiger partial charge in [0.25, 0.3) is 0 Å². The molecule has 5 heteroatoms. The first-order chi connectivity index (χ1) is 12.8. The molecule has 0 amide bonds. The van der Waals surface area contributed by atoms with Crippen LogP contribution < -0.4 is 0 Å². The Kier molecular flexibility index (Phi) is 7.45. The number of benzene rings is 1. The summed E-state index contributed by atoms with van der Waals surface area (Å²) in [5.41, 5.74) is 1.60. The summed E-state index contributed by atoms with van der Waals surface area (Å²) in [6.45, 7) is 5.22. The van der Waals surface area contributed by atoms with Gasteiger partial charge in [-0.15, -0.1) is 0 Å². The van der Waals surface area contributed by atoms with Crippen LogP contribution in [0.3, 0.4) is 0 Å². The lowest BCUT2D eigenvalue weighted by atomic mass is 10.0. The van der Waals surface area contributed by atoms with E-state index in [-0.39, 0.29) is 12.6 Å². The minimum absolute atomic E-state index is 0.0795. The minimum atomic E-state index is -0.333. The fourth-order valence-electron chi connectivity index (χ4n) is 3.40. The number of nitriles is 1. The Morgan fingerprint density at radius 3 is 2.12 bits per heavy atom. The van der Waals surface area contributed by atoms with Crippen molar-refractivity contribution in [2.24, 2.45) is 11.8 Å². The van der Waals surface area contributed by atoms with Gasteiger partial charge < -0.3 is 18.9 Å². The molecule has 26 heavy (non-hydrogen) atoms. The molecule has 3 rings (SSSR count). The predicted molar refractivity (Wildman–Crippen MR) is 97.2 cm³/mol. The molecule has 0 atom stereocenters. The van der Waals surface area contributed by atoms with Crippen LogP contribution in [-0.2, 0) is 18.9 Å². The molecule has 2 saturated heterocycles. The molecule has 0 N–H and O–H groups in total. The molecule has 142 valence electrons. The highest BCUT2D eigenvalue weighted by molar-refractivity contribution is 5.32. The minimum Gasteiger partial charge on any atom is -0.352 e. The first-order valence-corrected chi connectivity index (χ1v) is 9.75. The van der Waals surface area contributed by atoms with Gasteiger partial charge in [0, 0.05) is 17.4 Å². The van der Waals surface area contributed by atoms with E-state index in [2.05, 4.69) is 13.0 Å². The van der Waals surface area contributed by atoms with Crippen LogP contribution in [0.25, 0.3) is 0 Å². The summed E-state index contributed by atoms with van der Waals surface area (Å²) < 4.78 is 23.5. The maximum atomic E-state index is 8.86. The van der Waals surface area contributed by atoms with Crippen LogP contribution in [0.1, 0.15) is 56.4 Å². The highest BCUT2D eigenvalue weighted by Gasteiger charge is 2.26. The Balaban J connectivity index is 1.34. The van der Waals surface area contributed by atoms with Crippen LogP contribution in [0, 0.1) is 23.2 Å². The first-order valence-electron chi connectivity index (χ1n) is 9.75. The van der Waals surface area contributed by atoms with Gasteiger partial charge in [-0.05, 0) is 31.4 Å². The highest BCUT2D eigenvalue weighted by atomic mass is 16.7. The van der Waals surface area contributed by atoms with Crippen molar-refractivity contribution in [3.8, 4) is 6.07 Å². The van der Waals surface area contributed by atoms with Crippen molar-refractivity contribution in [3.63, 3.8) is 0 Å². The molecule has 1 aromatic rings. The SMILES string of the molecule is CCCC[C@H]1CO[C@H](CC[C@H]2CO[C@H](c3ccc(C#N)cc3)OC2)OC1. The number of unbranched alkanes of at least 4 members (excludes halogenated alkanes) is 1. The fraction of sp³-hybridized carbons (Fsp3) is 0.667. The van der Waals surface area contributed by atoms with E-state index in [1.54, 1.807) is 12.1 Å². The number of rotatable bonds is 7. The molecule has 0 spiro atoms. The van der Waals surface area contributed by atoms with Gasteiger partial charge >= 0.3 is 0 Å². The second kappa shape index (κ2) is 10.0. The van der Waals surface area contributed by atoms with Crippen LogP contribution in [-0.4, -0.2) is 32.7 Å². The average molecular weight is 359 g/mol. The molecule has 0 aromatic heterocycles. The second-order valence-corrected chi connectivity index (χ2v) is 7.28. The van der Waals surface area contributed by atoms with E-state index in [9.17, 15) is 0 Å². The summed E-state index contributed by atoms with van der Waals surface area (Å²) >= 11 is 0. The van der Waals surface area contributed by atoms with Crippen LogP contribution in [0.2, 0.25) is 0 Å². The molecule has 0 saturated carbocycles. The Morgan fingerprint density at radius 2 is 1.50 bits per heavy atom. The number of nitrogens with zero attached hydrogens (tertiary/aromatic N) is 1. The van der Waals surface area contributed by atoms with Crippen molar-refractivity contribution in [2.45, 2.75) is 51.6 Å². The van der Waals surface area contributed by atoms with Gasteiger partial charge in [-0.3, -0.25) is 0 Å². The van der Waals surface area contributed by atoms with Gasteiger partial charge in [-0.2, -0.15) is 5.26 Å². The third-order valence-electron chi connectivity index (χ3n) is 5.09. The maximum absolute atomic E-state index is 8.86. The molecular formula is C21H29NO4. The van der Waals surface area contributed by atoms with Gasteiger partial charge in [0.2, 0.25) is 0 Å². The Bertz CT molecular complexity index is 567. The lowest BCUT2D eigenvalue weighted by Crippen LogP contribution is -2.33. The van der Waals surface area contributed by atoms with Crippen molar-refractivity contribution in [1.29, 1.82) is 5.26 Å². The van der Waals surface area contributed by atoms with E-state index in [1.807, 2.05) is 12.1 Å². The van der Waals surface area contributed by atoms with Gasteiger partial charge in [-0.1, -0.05) is 31.9 Å². The first kappa shape index (κ1) is 19.3. The third-order valence-corrected chi connectivity index (χ3v) is 5.09. The number of ether oxygens (including phenoxy) is 4. The van der Waals surface area contributed by atoms with Crippen LogP contribution in [0.5, 0.6) is 0 Å². The van der Waals surface area contributed by atoms with Crippen molar-refractivity contribution >= 4 is 0 Å². The maximum Gasteiger partial charge on any atom is 0.183 e. The summed E-state index contributed by atoms with van der Waals surface area (Å²) in [5, 5.41) is 8.86. The van der Waals surface area contributed by atoms with Crippen LogP contribution in [0.4, 0.5) is 0 Å². The Labute approximate surface area is 156 Å². The normalized spacial score (nSPS) is 29.2.